The van der Waals surface area contributed by atoms with E-state index < -0.39 is 11.2 Å². The summed E-state index contributed by atoms with van der Waals surface area (Å²) in [6.45, 7) is 10.0. The van der Waals surface area contributed by atoms with Crippen molar-refractivity contribution in [2.24, 2.45) is 11.8 Å². The van der Waals surface area contributed by atoms with Crippen LogP contribution in [0.2, 0.25) is 0 Å². The van der Waals surface area contributed by atoms with E-state index in [0.717, 1.165) is 46.2 Å². The molecule has 2 atom stereocenters. The summed E-state index contributed by atoms with van der Waals surface area (Å²) in [6.07, 6.45) is 1.60. The summed E-state index contributed by atoms with van der Waals surface area (Å²) in [7, 11) is 0. The van der Waals surface area contributed by atoms with E-state index in [1.54, 1.807) is 0 Å². The maximum atomic E-state index is 12.6. The minimum Gasteiger partial charge on any atom is -0.379 e. The van der Waals surface area contributed by atoms with Crippen molar-refractivity contribution >= 4 is 0 Å². The fraction of sp³-hybridized carbons (Fsp3) is 0.318. The van der Waals surface area contributed by atoms with Gasteiger partial charge in [-0.3, -0.25) is 0 Å². The number of hydrogen-bond donors (Lipinski definition) is 4. The van der Waals surface area contributed by atoms with Crippen LogP contribution in [-0.2, 0) is 24.3 Å². The van der Waals surface area contributed by atoms with E-state index in [-0.39, 0.29) is 12.1 Å². The summed E-state index contributed by atoms with van der Waals surface area (Å²) < 4.78 is 0. The van der Waals surface area contributed by atoms with E-state index in [1.807, 2.05) is 121 Å². The van der Waals surface area contributed by atoms with Gasteiger partial charge in [-0.2, -0.15) is 0 Å². The largest absolute Gasteiger partial charge is 0.379 e. The van der Waals surface area contributed by atoms with Crippen LogP contribution in [0.3, 0.4) is 0 Å². The first-order chi connectivity index (χ1) is 23.2. The number of benzene rings is 5. The zero-order valence-corrected chi connectivity index (χ0v) is 28.9. The van der Waals surface area contributed by atoms with Gasteiger partial charge >= 0.3 is 0 Å². The zero-order valence-electron chi connectivity index (χ0n) is 28.9. The predicted octanol–water partition coefficient (Wildman–Crippen LogP) is 8.57. The Bertz CT molecular complexity index is 1450. The van der Waals surface area contributed by atoms with Gasteiger partial charge in [0.15, 0.2) is 0 Å². The van der Waals surface area contributed by atoms with Gasteiger partial charge in [0.25, 0.3) is 0 Å². The molecule has 0 bridgehead atoms. The highest BCUT2D eigenvalue weighted by Crippen LogP contribution is 2.37. The maximum absolute atomic E-state index is 12.6. The molecule has 0 aliphatic carbocycles. The van der Waals surface area contributed by atoms with E-state index in [1.165, 1.54) is 0 Å². The lowest BCUT2D eigenvalue weighted by Gasteiger charge is -2.39. The SMILES string of the molecule is CC(C)C[C@H](NCc1cccc(CN[C@@H](CC(C)C)C(O)(c2ccccc2)c2ccccc2)c1)C(O)(c1ccccc1)c1ccccc1. The van der Waals surface area contributed by atoms with Crippen LogP contribution in [0.5, 0.6) is 0 Å². The van der Waals surface area contributed by atoms with E-state index in [0.29, 0.717) is 24.9 Å². The quantitative estimate of drug-likeness (QED) is 0.0873. The Morgan fingerprint density at radius 3 is 1.00 bits per heavy atom. The average molecular weight is 641 g/mol. The third-order valence-corrected chi connectivity index (χ3v) is 9.37. The van der Waals surface area contributed by atoms with Crippen molar-refractivity contribution in [2.75, 3.05) is 0 Å². The van der Waals surface area contributed by atoms with Gasteiger partial charge in [0, 0.05) is 25.2 Å². The van der Waals surface area contributed by atoms with Gasteiger partial charge in [-0.15, -0.1) is 0 Å². The summed E-state index contributed by atoms with van der Waals surface area (Å²) in [5, 5.41) is 32.7. The lowest BCUT2D eigenvalue weighted by Crippen LogP contribution is -2.50. The van der Waals surface area contributed by atoms with Crippen LogP contribution in [0.15, 0.2) is 146 Å². The molecule has 0 spiro atoms. The smallest absolute Gasteiger partial charge is 0.130 e. The van der Waals surface area contributed by atoms with Crippen molar-refractivity contribution < 1.29 is 10.2 Å². The molecule has 0 fully saturated rings. The van der Waals surface area contributed by atoms with Gasteiger partial charge in [0.2, 0.25) is 0 Å². The second kappa shape index (κ2) is 16.4. The number of nitrogens with one attached hydrogen (secondary N) is 2. The van der Waals surface area contributed by atoms with E-state index >= 15 is 0 Å². The molecule has 4 heteroatoms. The molecule has 0 amide bonds. The lowest BCUT2D eigenvalue weighted by atomic mass is 9.77. The van der Waals surface area contributed by atoms with Crippen LogP contribution < -0.4 is 10.6 Å². The fourth-order valence-corrected chi connectivity index (χ4v) is 6.98. The van der Waals surface area contributed by atoms with Crippen LogP contribution in [0.4, 0.5) is 0 Å². The summed E-state index contributed by atoms with van der Waals surface area (Å²) in [4.78, 5) is 0. The van der Waals surface area contributed by atoms with Gasteiger partial charge < -0.3 is 20.8 Å². The summed E-state index contributed by atoms with van der Waals surface area (Å²) in [5.74, 6) is 0.755. The molecule has 4 nitrogen and oxygen atoms in total. The second-order valence-electron chi connectivity index (χ2n) is 13.9. The van der Waals surface area contributed by atoms with E-state index in [9.17, 15) is 10.2 Å². The van der Waals surface area contributed by atoms with Crippen LogP contribution in [0, 0.1) is 11.8 Å². The minimum atomic E-state index is -1.20. The Hall–Kier alpha value is -4.06. The average Bonchev–Trinajstić information content (AvgIpc) is 3.12. The van der Waals surface area contributed by atoms with Gasteiger partial charge in [0.1, 0.15) is 11.2 Å². The number of rotatable bonds is 16. The van der Waals surface area contributed by atoms with Crippen molar-refractivity contribution in [1.82, 2.24) is 10.6 Å². The van der Waals surface area contributed by atoms with Crippen LogP contribution in [0.25, 0.3) is 0 Å². The molecule has 4 N–H and O–H groups in total. The first-order valence-corrected chi connectivity index (χ1v) is 17.4. The Morgan fingerprint density at radius 2 is 0.729 bits per heavy atom. The Labute approximate surface area is 287 Å². The molecule has 48 heavy (non-hydrogen) atoms. The monoisotopic (exact) mass is 640 g/mol. The van der Waals surface area contributed by atoms with Crippen molar-refractivity contribution in [3.05, 3.63) is 179 Å². The molecule has 0 saturated heterocycles. The first kappa shape index (κ1) is 35.3. The predicted molar refractivity (Wildman–Crippen MR) is 198 cm³/mol. The second-order valence-corrected chi connectivity index (χ2v) is 13.9. The molecular formula is C44H52N2O2. The topological polar surface area (TPSA) is 64.5 Å². The molecule has 5 aromatic carbocycles. The number of aliphatic hydroxyl groups is 2. The molecule has 0 aromatic heterocycles. The highest BCUT2D eigenvalue weighted by atomic mass is 16.3. The Morgan fingerprint density at radius 1 is 0.438 bits per heavy atom. The third kappa shape index (κ3) is 8.32. The molecule has 5 aromatic rings. The van der Waals surface area contributed by atoms with Crippen molar-refractivity contribution in [3.8, 4) is 0 Å². The van der Waals surface area contributed by atoms with Gasteiger partial charge in [0.05, 0.1) is 0 Å². The molecule has 250 valence electrons. The molecule has 0 saturated carbocycles. The van der Waals surface area contributed by atoms with Crippen molar-refractivity contribution in [2.45, 2.75) is 76.9 Å². The van der Waals surface area contributed by atoms with E-state index in [2.05, 4.69) is 62.6 Å². The molecule has 0 heterocycles. The van der Waals surface area contributed by atoms with Gasteiger partial charge in [-0.25, -0.2) is 0 Å². The summed E-state index contributed by atoms with van der Waals surface area (Å²) in [6, 6.07) is 48.3. The highest BCUT2D eigenvalue weighted by Gasteiger charge is 2.41. The van der Waals surface area contributed by atoms with Crippen LogP contribution in [-0.4, -0.2) is 22.3 Å². The normalized spacial score (nSPS) is 13.5. The lowest BCUT2D eigenvalue weighted by molar-refractivity contribution is 0.0281. The van der Waals surface area contributed by atoms with Crippen molar-refractivity contribution in [1.29, 1.82) is 0 Å². The molecule has 5 rings (SSSR count). The van der Waals surface area contributed by atoms with Gasteiger partial charge in [-0.1, -0.05) is 173 Å². The van der Waals surface area contributed by atoms with Crippen LogP contribution >= 0.6 is 0 Å². The first-order valence-electron chi connectivity index (χ1n) is 17.4. The molecule has 0 aliphatic heterocycles. The van der Waals surface area contributed by atoms with E-state index in [4.69, 9.17) is 0 Å². The van der Waals surface area contributed by atoms with Gasteiger partial charge in [-0.05, 0) is 58.1 Å². The van der Waals surface area contributed by atoms with Crippen molar-refractivity contribution in [3.63, 3.8) is 0 Å². The minimum absolute atomic E-state index is 0.216. The molecule has 0 radical (unpaired) electrons. The number of hydrogen-bond acceptors (Lipinski definition) is 4. The molecular weight excluding hydrogens is 588 g/mol. The maximum Gasteiger partial charge on any atom is 0.130 e. The molecule has 0 unspecified atom stereocenters. The Balaban J connectivity index is 1.39. The molecule has 0 aliphatic rings. The van der Waals surface area contributed by atoms with Crippen LogP contribution in [0.1, 0.15) is 73.9 Å². The zero-order chi connectivity index (χ0) is 34.0. The Kier molecular flexibility index (Phi) is 12.0. The summed E-state index contributed by atoms with van der Waals surface area (Å²) >= 11 is 0. The standard InChI is InChI=1S/C44H52N2O2/c1-33(2)28-41(43(47,37-20-9-5-10-21-37)38-22-11-6-12-23-38)45-31-35-18-17-19-36(30-35)32-46-42(29-34(3)4)44(48,39-24-13-7-14-25-39)40-26-15-8-16-27-40/h5-27,30,33-34,41-42,45-48H,28-29,31-32H2,1-4H3/t41-,42-/m0/s1. The highest BCUT2D eigenvalue weighted by molar-refractivity contribution is 5.40. The summed E-state index contributed by atoms with van der Waals surface area (Å²) in [5.41, 5.74) is 3.42. The fourth-order valence-electron chi connectivity index (χ4n) is 6.98. The third-order valence-electron chi connectivity index (χ3n) is 9.37.